The number of hydrogen-bond acceptors (Lipinski definition) is 1. The van der Waals surface area contributed by atoms with Crippen molar-refractivity contribution in [2.75, 3.05) is 0 Å². The minimum atomic E-state index is -0.0521. The van der Waals surface area contributed by atoms with Gasteiger partial charge in [0.05, 0.1) is 0 Å². The molecular formula is C9H7BNO. The fourth-order valence-electron chi connectivity index (χ4n) is 1.10. The van der Waals surface area contributed by atoms with Crippen molar-refractivity contribution < 1.29 is 0 Å². The predicted octanol–water partition coefficient (Wildman–Crippen LogP) is 1.15. The summed E-state index contributed by atoms with van der Waals surface area (Å²) in [5.74, 6) is 0. The molecular weight excluding hydrogens is 149 g/mol. The molecule has 0 saturated heterocycles. The van der Waals surface area contributed by atoms with E-state index in [1.165, 1.54) is 6.07 Å². The van der Waals surface area contributed by atoms with Gasteiger partial charge in [-0.2, -0.15) is 0 Å². The number of rotatable bonds is 0. The van der Waals surface area contributed by atoms with E-state index in [4.69, 9.17) is 0 Å². The lowest BCUT2D eigenvalue weighted by Gasteiger charge is -1.93. The minimum Gasteiger partial charge on any atom is -0.322 e. The Balaban J connectivity index is 0.000000720. The van der Waals surface area contributed by atoms with Crippen LogP contribution in [0.2, 0.25) is 0 Å². The van der Waals surface area contributed by atoms with Crippen LogP contribution in [0.5, 0.6) is 0 Å². The normalized spacial score (nSPS) is 9.33. The lowest BCUT2D eigenvalue weighted by Crippen LogP contribution is -2.01. The SMILES string of the molecule is O=c1ccc2ccccc2[nH]1.[B]. The van der Waals surface area contributed by atoms with Crippen LogP contribution in [-0.2, 0) is 0 Å². The molecule has 2 aromatic rings. The standard InChI is InChI=1S/C9H7NO.B/c11-9-6-5-7-3-1-2-4-8(7)10-9;/h1-6H,(H,10,11);. The van der Waals surface area contributed by atoms with Gasteiger partial charge in [0.2, 0.25) is 5.56 Å². The summed E-state index contributed by atoms with van der Waals surface area (Å²) in [6, 6.07) is 11.0. The highest BCUT2D eigenvalue weighted by Gasteiger charge is 1.89. The number of benzene rings is 1. The first-order valence-corrected chi connectivity index (χ1v) is 3.44. The number of pyridine rings is 1. The number of nitrogens with one attached hydrogen (secondary N) is 1. The van der Waals surface area contributed by atoms with E-state index in [-0.39, 0.29) is 14.0 Å². The highest BCUT2D eigenvalue weighted by molar-refractivity contribution is 5.77. The van der Waals surface area contributed by atoms with Crippen LogP contribution < -0.4 is 5.56 Å². The highest BCUT2D eigenvalue weighted by Crippen LogP contribution is 2.06. The first-order valence-electron chi connectivity index (χ1n) is 3.44. The molecule has 2 rings (SSSR count). The number of aromatic amines is 1. The number of fused-ring (bicyclic) bond motifs is 1. The molecule has 0 amide bonds. The summed E-state index contributed by atoms with van der Waals surface area (Å²) in [5, 5.41) is 1.06. The molecule has 1 aromatic heterocycles. The van der Waals surface area contributed by atoms with E-state index < -0.39 is 0 Å². The van der Waals surface area contributed by atoms with Gasteiger partial charge in [0.15, 0.2) is 0 Å². The van der Waals surface area contributed by atoms with Crippen LogP contribution in [0.3, 0.4) is 0 Å². The maximum absolute atomic E-state index is 10.8. The van der Waals surface area contributed by atoms with Crippen molar-refractivity contribution in [3.63, 3.8) is 0 Å². The van der Waals surface area contributed by atoms with Gasteiger partial charge in [0.1, 0.15) is 0 Å². The molecule has 3 radical (unpaired) electrons. The Hall–Kier alpha value is -1.51. The lowest BCUT2D eigenvalue weighted by molar-refractivity contribution is 1.31. The fraction of sp³-hybridized carbons (Fsp3) is 0. The molecule has 2 nitrogen and oxygen atoms in total. The Morgan fingerprint density at radius 1 is 1.00 bits per heavy atom. The van der Waals surface area contributed by atoms with E-state index in [1.807, 2.05) is 30.3 Å². The summed E-state index contributed by atoms with van der Waals surface area (Å²) in [6.45, 7) is 0. The van der Waals surface area contributed by atoms with Crippen molar-refractivity contribution in [3.05, 3.63) is 46.8 Å². The summed E-state index contributed by atoms with van der Waals surface area (Å²) in [4.78, 5) is 13.6. The zero-order valence-corrected chi connectivity index (χ0v) is 6.45. The van der Waals surface area contributed by atoms with Crippen molar-refractivity contribution in [2.45, 2.75) is 0 Å². The summed E-state index contributed by atoms with van der Waals surface area (Å²) in [6.07, 6.45) is 0. The van der Waals surface area contributed by atoms with Crippen molar-refractivity contribution >= 4 is 19.3 Å². The van der Waals surface area contributed by atoms with E-state index in [0.717, 1.165) is 10.9 Å². The maximum Gasteiger partial charge on any atom is 0.248 e. The number of para-hydroxylation sites is 1. The van der Waals surface area contributed by atoms with Gasteiger partial charge in [-0.3, -0.25) is 4.79 Å². The molecule has 0 unspecified atom stereocenters. The van der Waals surface area contributed by atoms with Crippen LogP contribution in [-0.4, -0.2) is 13.4 Å². The van der Waals surface area contributed by atoms with Crippen molar-refractivity contribution in [1.29, 1.82) is 0 Å². The van der Waals surface area contributed by atoms with Crippen LogP contribution >= 0.6 is 0 Å². The van der Waals surface area contributed by atoms with E-state index in [9.17, 15) is 4.79 Å². The van der Waals surface area contributed by atoms with E-state index in [0.29, 0.717) is 0 Å². The molecule has 57 valence electrons. The molecule has 0 fully saturated rings. The van der Waals surface area contributed by atoms with Crippen LogP contribution in [0.15, 0.2) is 41.2 Å². The Morgan fingerprint density at radius 2 is 1.75 bits per heavy atom. The zero-order chi connectivity index (χ0) is 7.68. The molecule has 0 aliphatic heterocycles. The summed E-state index contributed by atoms with van der Waals surface area (Å²) in [7, 11) is 0. The van der Waals surface area contributed by atoms with Crippen molar-refractivity contribution in [1.82, 2.24) is 4.98 Å². The van der Waals surface area contributed by atoms with Gasteiger partial charge in [0, 0.05) is 20.0 Å². The quantitative estimate of drug-likeness (QED) is 0.570. The molecule has 0 aliphatic rings. The van der Waals surface area contributed by atoms with E-state index >= 15 is 0 Å². The first-order chi connectivity index (χ1) is 5.36. The smallest absolute Gasteiger partial charge is 0.248 e. The van der Waals surface area contributed by atoms with Gasteiger partial charge >= 0.3 is 0 Å². The zero-order valence-electron chi connectivity index (χ0n) is 6.45. The lowest BCUT2D eigenvalue weighted by atomic mass is 10.2. The second-order valence-corrected chi connectivity index (χ2v) is 2.41. The van der Waals surface area contributed by atoms with Gasteiger partial charge in [-0.25, -0.2) is 0 Å². The second kappa shape index (κ2) is 3.26. The molecule has 0 spiro atoms. The number of H-pyrrole nitrogens is 1. The third kappa shape index (κ3) is 1.40. The molecule has 0 bridgehead atoms. The topological polar surface area (TPSA) is 32.9 Å². The van der Waals surface area contributed by atoms with E-state index in [2.05, 4.69) is 4.98 Å². The van der Waals surface area contributed by atoms with Crippen LogP contribution in [0.1, 0.15) is 0 Å². The Bertz CT molecular complexity index is 435. The average molecular weight is 156 g/mol. The number of hydrogen-bond donors (Lipinski definition) is 1. The summed E-state index contributed by atoms with van der Waals surface area (Å²) >= 11 is 0. The molecule has 0 atom stereocenters. The van der Waals surface area contributed by atoms with Crippen molar-refractivity contribution in [3.8, 4) is 0 Å². The van der Waals surface area contributed by atoms with Crippen molar-refractivity contribution in [2.24, 2.45) is 0 Å². The molecule has 12 heavy (non-hydrogen) atoms. The monoisotopic (exact) mass is 156 g/mol. The predicted molar refractivity (Wildman–Crippen MR) is 50.3 cm³/mol. The average Bonchev–Trinajstić information content (AvgIpc) is 2.04. The highest BCUT2D eigenvalue weighted by atomic mass is 16.1. The van der Waals surface area contributed by atoms with Crippen LogP contribution in [0, 0.1) is 0 Å². The van der Waals surface area contributed by atoms with Crippen LogP contribution in [0.4, 0.5) is 0 Å². The summed E-state index contributed by atoms with van der Waals surface area (Å²) in [5.41, 5.74) is 0.837. The molecule has 0 saturated carbocycles. The van der Waals surface area contributed by atoms with Gasteiger partial charge < -0.3 is 4.98 Å². The van der Waals surface area contributed by atoms with Gasteiger partial charge in [0.25, 0.3) is 0 Å². The minimum absolute atomic E-state index is 0. The molecule has 0 aliphatic carbocycles. The second-order valence-electron chi connectivity index (χ2n) is 2.41. The largest absolute Gasteiger partial charge is 0.322 e. The third-order valence-corrected chi connectivity index (χ3v) is 1.63. The third-order valence-electron chi connectivity index (χ3n) is 1.63. The molecule has 1 N–H and O–H groups in total. The molecule has 1 aromatic carbocycles. The Kier molecular flexibility index (Phi) is 2.33. The maximum atomic E-state index is 10.8. The molecule has 1 heterocycles. The first kappa shape index (κ1) is 8.59. The Labute approximate surface area is 71.8 Å². The fourth-order valence-corrected chi connectivity index (χ4v) is 1.10. The van der Waals surface area contributed by atoms with Gasteiger partial charge in [-0.15, -0.1) is 0 Å². The van der Waals surface area contributed by atoms with Crippen LogP contribution in [0.25, 0.3) is 10.9 Å². The molecule has 3 heteroatoms. The van der Waals surface area contributed by atoms with Gasteiger partial charge in [-0.05, 0) is 17.5 Å². The Morgan fingerprint density at radius 3 is 2.58 bits per heavy atom. The number of aromatic nitrogens is 1. The summed E-state index contributed by atoms with van der Waals surface area (Å²) < 4.78 is 0. The van der Waals surface area contributed by atoms with E-state index in [1.54, 1.807) is 0 Å². The van der Waals surface area contributed by atoms with Gasteiger partial charge in [-0.1, -0.05) is 18.2 Å².